The van der Waals surface area contributed by atoms with Crippen LogP contribution in [0.2, 0.25) is 0 Å². The molecule has 2 heterocycles. The topological polar surface area (TPSA) is 66.3 Å². The summed E-state index contributed by atoms with van der Waals surface area (Å²) in [6, 6.07) is 17.2. The molecule has 0 spiro atoms. The molecule has 164 valence electrons. The number of nitrogens with one attached hydrogen (secondary N) is 2. The van der Waals surface area contributed by atoms with Crippen LogP contribution in [0.25, 0.3) is 0 Å². The molecule has 2 saturated heterocycles. The molecule has 4 rings (SSSR count). The first kappa shape index (κ1) is 21.3. The number of morpholine rings is 1. The third kappa shape index (κ3) is 5.24. The number of piperazine rings is 1. The average molecular weight is 424 g/mol. The second kappa shape index (κ2) is 9.94. The van der Waals surface area contributed by atoms with Gasteiger partial charge >= 0.3 is 0 Å². The van der Waals surface area contributed by atoms with E-state index in [0.29, 0.717) is 13.1 Å². The summed E-state index contributed by atoms with van der Waals surface area (Å²) < 4.78 is 5.40. The lowest BCUT2D eigenvalue weighted by Crippen LogP contribution is -3.19. The molecule has 0 aromatic heterocycles. The van der Waals surface area contributed by atoms with Crippen molar-refractivity contribution in [3.8, 4) is 0 Å². The van der Waals surface area contributed by atoms with E-state index in [9.17, 15) is 9.59 Å². The van der Waals surface area contributed by atoms with E-state index in [1.165, 1.54) is 4.90 Å². The Hall–Kier alpha value is -2.90. The van der Waals surface area contributed by atoms with Crippen molar-refractivity contribution in [2.24, 2.45) is 0 Å². The van der Waals surface area contributed by atoms with Crippen molar-refractivity contribution in [3.05, 3.63) is 60.2 Å². The minimum Gasteiger partial charge on any atom is -0.378 e. The van der Waals surface area contributed by atoms with Gasteiger partial charge in [-0.15, -0.1) is 0 Å². The highest BCUT2D eigenvalue weighted by Crippen LogP contribution is 2.19. The summed E-state index contributed by atoms with van der Waals surface area (Å²) in [6.07, 6.45) is 0. The summed E-state index contributed by atoms with van der Waals surface area (Å²) in [4.78, 5) is 30.8. The first-order valence-corrected chi connectivity index (χ1v) is 11.0. The smallest absolute Gasteiger partial charge is 0.282 e. The van der Waals surface area contributed by atoms with Crippen molar-refractivity contribution in [2.45, 2.75) is 13.0 Å². The molecule has 0 unspecified atom stereocenters. The summed E-state index contributed by atoms with van der Waals surface area (Å²) in [5.74, 6) is 0.0778. The molecule has 2 fully saturated rings. The van der Waals surface area contributed by atoms with Gasteiger partial charge in [-0.2, -0.15) is 0 Å². The number of quaternary nitrogens is 1. The Bertz CT molecular complexity index is 873. The summed E-state index contributed by atoms with van der Waals surface area (Å²) >= 11 is 0. The van der Waals surface area contributed by atoms with Crippen LogP contribution in [0.1, 0.15) is 17.3 Å². The predicted octanol–water partition coefficient (Wildman–Crippen LogP) is 0.891. The van der Waals surface area contributed by atoms with Gasteiger partial charge in [-0.1, -0.05) is 18.2 Å². The number of hydrogen-bond donors (Lipinski definition) is 2. The fourth-order valence-electron chi connectivity index (χ4n) is 4.21. The van der Waals surface area contributed by atoms with Gasteiger partial charge in [0, 0.05) is 30.0 Å². The molecule has 2 aliphatic heterocycles. The van der Waals surface area contributed by atoms with E-state index in [2.05, 4.69) is 10.2 Å². The minimum absolute atomic E-state index is 0.0111. The van der Waals surface area contributed by atoms with E-state index >= 15 is 0 Å². The SMILES string of the molecule is C[C@@H](C(=O)Nc1ccc(N2CCOCC2)cc1)[NH+]1CCN(C(=O)c2ccccc2)CC1. The van der Waals surface area contributed by atoms with Crippen LogP contribution < -0.4 is 15.1 Å². The monoisotopic (exact) mass is 423 g/mol. The number of amides is 2. The zero-order valence-electron chi connectivity index (χ0n) is 18.0. The minimum atomic E-state index is -0.173. The van der Waals surface area contributed by atoms with Gasteiger partial charge < -0.3 is 24.8 Å². The number of ether oxygens (including phenoxy) is 1. The molecule has 2 aliphatic rings. The largest absolute Gasteiger partial charge is 0.378 e. The molecule has 2 aromatic rings. The predicted molar refractivity (Wildman–Crippen MR) is 121 cm³/mol. The molecular weight excluding hydrogens is 392 g/mol. The lowest BCUT2D eigenvalue weighted by Gasteiger charge is -2.34. The Morgan fingerprint density at radius 1 is 0.935 bits per heavy atom. The van der Waals surface area contributed by atoms with Crippen LogP contribution in [0, 0.1) is 0 Å². The summed E-state index contributed by atoms with van der Waals surface area (Å²) in [5.41, 5.74) is 2.68. The quantitative estimate of drug-likeness (QED) is 0.750. The number of anilines is 2. The summed E-state index contributed by atoms with van der Waals surface area (Å²) in [5, 5.41) is 3.05. The van der Waals surface area contributed by atoms with Gasteiger partial charge in [-0.05, 0) is 43.3 Å². The van der Waals surface area contributed by atoms with Crippen molar-refractivity contribution < 1.29 is 19.2 Å². The van der Waals surface area contributed by atoms with Gasteiger partial charge in [-0.3, -0.25) is 9.59 Å². The highest BCUT2D eigenvalue weighted by Gasteiger charge is 2.31. The Morgan fingerprint density at radius 3 is 2.23 bits per heavy atom. The molecule has 7 heteroatoms. The van der Waals surface area contributed by atoms with E-state index in [1.54, 1.807) is 0 Å². The molecule has 0 radical (unpaired) electrons. The first-order chi connectivity index (χ1) is 15.1. The molecule has 7 nitrogen and oxygen atoms in total. The van der Waals surface area contributed by atoms with Crippen LogP contribution in [0.3, 0.4) is 0 Å². The fraction of sp³-hybridized carbons (Fsp3) is 0.417. The fourth-order valence-corrected chi connectivity index (χ4v) is 4.21. The first-order valence-electron chi connectivity index (χ1n) is 11.0. The van der Waals surface area contributed by atoms with Crippen LogP contribution in [0.15, 0.2) is 54.6 Å². The molecule has 0 saturated carbocycles. The van der Waals surface area contributed by atoms with E-state index in [0.717, 1.165) is 56.3 Å². The second-order valence-corrected chi connectivity index (χ2v) is 8.17. The molecule has 2 N–H and O–H groups in total. The number of carbonyl (C=O) groups is 2. The van der Waals surface area contributed by atoms with Gasteiger partial charge in [0.2, 0.25) is 0 Å². The number of hydrogen-bond acceptors (Lipinski definition) is 4. The van der Waals surface area contributed by atoms with Crippen LogP contribution in [0.5, 0.6) is 0 Å². The maximum atomic E-state index is 12.8. The van der Waals surface area contributed by atoms with Gasteiger partial charge in [0.05, 0.1) is 39.4 Å². The zero-order chi connectivity index (χ0) is 21.6. The van der Waals surface area contributed by atoms with E-state index in [1.807, 2.05) is 66.4 Å². The Balaban J connectivity index is 1.27. The van der Waals surface area contributed by atoms with Crippen molar-refractivity contribution >= 4 is 23.2 Å². The lowest BCUT2D eigenvalue weighted by atomic mass is 10.1. The van der Waals surface area contributed by atoms with Crippen LogP contribution in [-0.2, 0) is 9.53 Å². The van der Waals surface area contributed by atoms with E-state index in [4.69, 9.17) is 4.74 Å². The maximum Gasteiger partial charge on any atom is 0.282 e. The molecule has 31 heavy (non-hydrogen) atoms. The van der Waals surface area contributed by atoms with E-state index < -0.39 is 0 Å². The zero-order valence-corrected chi connectivity index (χ0v) is 18.0. The molecular formula is C24H31N4O3+. The number of rotatable bonds is 5. The van der Waals surface area contributed by atoms with Gasteiger partial charge in [0.25, 0.3) is 11.8 Å². The normalized spacial score (nSPS) is 18.5. The summed E-state index contributed by atoms with van der Waals surface area (Å²) in [6.45, 7) is 8.11. The molecule has 0 aliphatic carbocycles. The van der Waals surface area contributed by atoms with Crippen molar-refractivity contribution in [2.75, 3.05) is 62.7 Å². The van der Waals surface area contributed by atoms with Crippen LogP contribution in [0.4, 0.5) is 11.4 Å². The highest BCUT2D eigenvalue weighted by atomic mass is 16.5. The highest BCUT2D eigenvalue weighted by molar-refractivity contribution is 5.94. The van der Waals surface area contributed by atoms with E-state index in [-0.39, 0.29) is 17.9 Å². The molecule has 2 aromatic carbocycles. The third-order valence-electron chi connectivity index (χ3n) is 6.23. The van der Waals surface area contributed by atoms with Crippen LogP contribution >= 0.6 is 0 Å². The van der Waals surface area contributed by atoms with Crippen molar-refractivity contribution in [1.29, 1.82) is 0 Å². The average Bonchev–Trinajstić information content (AvgIpc) is 2.85. The Labute approximate surface area is 183 Å². The lowest BCUT2D eigenvalue weighted by molar-refractivity contribution is -0.917. The van der Waals surface area contributed by atoms with Gasteiger partial charge in [0.1, 0.15) is 0 Å². The maximum absolute atomic E-state index is 12.8. The Kier molecular flexibility index (Phi) is 6.84. The van der Waals surface area contributed by atoms with Gasteiger partial charge in [-0.25, -0.2) is 0 Å². The standard InChI is InChI=1S/C24H30N4O3/c1-19(26-11-13-28(14-12-26)24(30)20-5-3-2-4-6-20)23(29)25-21-7-9-22(10-8-21)27-15-17-31-18-16-27/h2-10,19H,11-18H2,1H3,(H,25,29)/p+1/t19-/m0/s1. The Morgan fingerprint density at radius 2 is 1.58 bits per heavy atom. The summed E-state index contributed by atoms with van der Waals surface area (Å²) in [7, 11) is 0. The molecule has 1 atom stereocenters. The van der Waals surface area contributed by atoms with Gasteiger partial charge in [0.15, 0.2) is 6.04 Å². The number of benzene rings is 2. The number of nitrogens with zero attached hydrogens (tertiary/aromatic N) is 2. The molecule has 2 amide bonds. The second-order valence-electron chi connectivity index (χ2n) is 8.17. The molecule has 0 bridgehead atoms. The third-order valence-corrected chi connectivity index (χ3v) is 6.23. The number of carbonyl (C=O) groups excluding carboxylic acids is 2. The van der Waals surface area contributed by atoms with Crippen molar-refractivity contribution in [3.63, 3.8) is 0 Å². The van der Waals surface area contributed by atoms with Crippen LogP contribution in [-0.4, -0.2) is 75.2 Å². The van der Waals surface area contributed by atoms with Crippen molar-refractivity contribution in [1.82, 2.24) is 4.90 Å².